The van der Waals surface area contributed by atoms with Gasteiger partial charge >= 0.3 is 0 Å². The third-order valence-corrected chi connectivity index (χ3v) is 6.96. The van der Waals surface area contributed by atoms with Crippen LogP contribution in [0.1, 0.15) is 37.7 Å². The summed E-state index contributed by atoms with van der Waals surface area (Å²) in [5.74, 6) is 1.75. The first-order valence-electron chi connectivity index (χ1n) is 12.5. The highest BCUT2D eigenvalue weighted by Crippen LogP contribution is 2.39. The molecule has 196 valence electrons. The lowest BCUT2D eigenvalue weighted by Gasteiger charge is -2.32. The number of ether oxygens (including phenoxy) is 4. The standard InChI is InChI=1S/C25H40N4O5S/c1-31-21-15-19(16-22(32-2)24(21)33-3)18-29(20-7-4-5-8-20)25(35)27-17-23(30)26-9-6-10-28-11-13-34-14-12-28/h15-16,20H,4-14,17-18H2,1-3H3,(H,26,30)(H,27,35). The first-order chi connectivity index (χ1) is 17.0. The molecule has 0 aromatic heterocycles. The Bertz CT molecular complexity index is 803. The van der Waals surface area contributed by atoms with Crippen molar-refractivity contribution in [3.05, 3.63) is 17.7 Å². The van der Waals surface area contributed by atoms with Gasteiger partial charge in [0, 0.05) is 32.2 Å². The van der Waals surface area contributed by atoms with Crippen LogP contribution >= 0.6 is 12.2 Å². The second kappa shape index (κ2) is 14.3. The number of hydrogen-bond acceptors (Lipinski definition) is 7. The molecule has 1 saturated carbocycles. The first-order valence-corrected chi connectivity index (χ1v) is 12.9. The molecule has 10 heteroatoms. The van der Waals surface area contributed by atoms with Gasteiger partial charge in [-0.15, -0.1) is 0 Å². The van der Waals surface area contributed by atoms with E-state index in [-0.39, 0.29) is 12.5 Å². The van der Waals surface area contributed by atoms with Crippen molar-refractivity contribution in [2.75, 3.05) is 67.3 Å². The Morgan fingerprint density at radius 2 is 1.74 bits per heavy atom. The maximum absolute atomic E-state index is 12.4. The van der Waals surface area contributed by atoms with Crippen LogP contribution in [0, 0.1) is 0 Å². The Hall–Kier alpha value is -2.30. The van der Waals surface area contributed by atoms with E-state index in [0.29, 0.717) is 41.5 Å². The summed E-state index contributed by atoms with van der Waals surface area (Å²) in [6, 6.07) is 4.24. The van der Waals surface area contributed by atoms with Gasteiger partial charge in [0.25, 0.3) is 0 Å². The summed E-state index contributed by atoms with van der Waals surface area (Å²) in [6.45, 7) is 5.90. The van der Waals surface area contributed by atoms with E-state index in [1.807, 2.05) is 12.1 Å². The molecule has 9 nitrogen and oxygen atoms in total. The largest absolute Gasteiger partial charge is 0.493 e. The van der Waals surface area contributed by atoms with E-state index in [2.05, 4.69) is 20.4 Å². The van der Waals surface area contributed by atoms with Crippen molar-refractivity contribution in [1.29, 1.82) is 0 Å². The SMILES string of the molecule is COc1cc(CN(C(=S)NCC(=O)NCCCN2CCOCC2)C2CCCC2)cc(OC)c1OC. The Kier molecular flexibility index (Phi) is 11.2. The summed E-state index contributed by atoms with van der Waals surface area (Å²) >= 11 is 5.75. The van der Waals surface area contributed by atoms with Gasteiger partial charge < -0.3 is 34.5 Å². The Morgan fingerprint density at radius 1 is 1.09 bits per heavy atom. The highest BCUT2D eigenvalue weighted by Gasteiger charge is 2.26. The Balaban J connectivity index is 1.53. The molecule has 2 N–H and O–H groups in total. The molecule has 0 atom stereocenters. The molecule has 0 spiro atoms. The highest BCUT2D eigenvalue weighted by atomic mass is 32.1. The zero-order valence-electron chi connectivity index (χ0n) is 21.3. The van der Waals surface area contributed by atoms with Crippen molar-refractivity contribution in [2.45, 2.75) is 44.7 Å². The van der Waals surface area contributed by atoms with Gasteiger partial charge in [0.05, 0.1) is 41.1 Å². The minimum Gasteiger partial charge on any atom is -0.493 e. The van der Waals surface area contributed by atoms with Crippen molar-refractivity contribution < 1.29 is 23.7 Å². The fraction of sp³-hybridized carbons (Fsp3) is 0.680. The molecule has 1 heterocycles. The second-order valence-corrected chi connectivity index (χ2v) is 9.30. The lowest BCUT2D eigenvalue weighted by molar-refractivity contribution is -0.120. The number of rotatable bonds is 12. The summed E-state index contributed by atoms with van der Waals surface area (Å²) in [5, 5.41) is 6.77. The zero-order valence-corrected chi connectivity index (χ0v) is 22.1. The lowest BCUT2D eigenvalue weighted by atomic mass is 10.1. The van der Waals surface area contributed by atoms with Gasteiger partial charge in [-0.2, -0.15) is 0 Å². The van der Waals surface area contributed by atoms with Gasteiger partial charge in [-0.3, -0.25) is 9.69 Å². The minimum atomic E-state index is -0.0477. The van der Waals surface area contributed by atoms with Crippen LogP contribution in [0.2, 0.25) is 0 Å². The Morgan fingerprint density at radius 3 is 2.34 bits per heavy atom. The molecule has 1 aliphatic heterocycles. The van der Waals surface area contributed by atoms with Crippen LogP contribution < -0.4 is 24.8 Å². The van der Waals surface area contributed by atoms with Crippen molar-refractivity contribution in [3.8, 4) is 17.2 Å². The monoisotopic (exact) mass is 508 g/mol. The van der Waals surface area contributed by atoms with Crippen molar-refractivity contribution in [3.63, 3.8) is 0 Å². The van der Waals surface area contributed by atoms with E-state index in [0.717, 1.165) is 57.7 Å². The van der Waals surface area contributed by atoms with Crippen LogP contribution in [0.4, 0.5) is 0 Å². The fourth-order valence-corrected chi connectivity index (χ4v) is 4.97. The van der Waals surface area contributed by atoms with Gasteiger partial charge in [0.1, 0.15) is 0 Å². The summed E-state index contributed by atoms with van der Waals surface area (Å²) in [7, 11) is 4.82. The summed E-state index contributed by atoms with van der Waals surface area (Å²) < 4.78 is 21.9. The predicted molar refractivity (Wildman–Crippen MR) is 139 cm³/mol. The number of nitrogens with one attached hydrogen (secondary N) is 2. The predicted octanol–water partition coefficient (Wildman–Crippen LogP) is 2.17. The van der Waals surface area contributed by atoms with Crippen LogP contribution in [0.5, 0.6) is 17.2 Å². The molecule has 1 aromatic carbocycles. The molecule has 1 saturated heterocycles. The quantitative estimate of drug-likeness (QED) is 0.326. The summed E-state index contributed by atoms with van der Waals surface area (Å²) in [4.78, 5) is 17.0. The van der Waals surface area contributed by atoms with E-state index >= 15 is 0 Å². The maximum Gasteiger partial charge on any atom is 0.239 e. The number of carbonyl (C=O) groups is 1. The molecule has 2 aliphatic rings. The third-order valence-electron chi connectivity index (χ3n) is 6.58. The number of methoxy groups -OCH3 is 3. The first kappa shape index (κ1) is 27.3. The molecule has 0 bridgehead atoms. The number of nitrogens with zero attached hydrogens (tertiary/aromatic N) is 2. The molecule has 2 fully saturated rings. The Labute approximate surface area is 214 Å². The normalized spacial score (nSPS) is 16.5. The number of amides is 1. The van der Waals surface area contributed by atoms with Gasteiger partial charge in [0.2, 0.25) is 11.7 Å². The van der Waals surface area contributed by atoms with Crippen molar-refractivity contribution >= 4 is 23.2 Å². The van der Waals surface area contributed by atoms with E-state index in [1.165, 1.54) is 12.8 Å². The average molecular weight is 509 g/mol. The molecule has 1 aromatic rings. The second-order valence-electron chi connectivity index (χ2n) is 8.92. The third kappa shape index (κ3) is 8.12. The number of hydrogen-bond donors (Lipinski definition) is 2. The molecular formula is C25H40N4O5S. The van der Waals surface area contributed by atoms with Crippen molar-refractivity contribution in [2.24, 2.45) is 0 Å². The molecule has 1 aliphatic carbocycles. The van der Waals surface area contributed by atoms with Gasteiger partial charge in [-0.05, 0) is 55.7 Å². The molecule has 0 radical (unpaired) electrons. The average Bonchev–Trinajstić information content (AvgIpc) is 3.43. The summed E-state index contributed by atoms with van der Waals surface area (Å²) in [6.07, 6.45) is 5.46. The molecule has 3 rings (SSSR count). The number of carbonyl (C=O) groups excluding carboxylic acids is 1. The van der Waals surface area contributed by atoms with Crippen LogP contribution in [-0.2, 0) is 16.1 Å². The van der Waals surface area contributed by atoms with Gasteiger partial charge in [0.15, 0.2) is 16.6 Å². The maximum atomic E-state index is 12.4. The topological polar surface area (TPSA) is 84.5 Å². The lowest BCUT2D eigenvalue weighted by Crippen LogP contribution is -2.47. The minimum absolute atomic E-state index is 0.0477. The smallest absolute Gasteiger partial charge is 0.239 e. The zero-order chi connectivity index (χ0) is 25.0. The van der Waals surface area contributed by atoms with E-state index < -0.39 is 0 Å². The molecular weight excluding hydrogens is 468 g/mol. The van der Waals surface area contributed by atoms with Crippen molar-refractivity contribution in [1.82, 2.24) is 20.4 Å². The van der Waals surface area contributed by atoms with Crippen LogP contribution in [0.3, 0.4) is 0 Å². The van der Waals surface area contributed by atoms with E-state index in [4.69, 9.17) is 31.2 Å². The van der Waals surface area contributed by atoms with E-state index in [1.54, 1.807) is 21.3 Å². The number of thiocarbonyl (C=S) groups is 1. The van der Waals surface area contributed by atoms with Gasteiger partial charge in [-0.1, -0.05) is 12.8 Å². The van der Waals surface area contributed by atoms with E-state index in [9.17, 15) is 4.79 Å². The highest BCUT2D eigenvalue weighted by molar-refractivity contribution is 7.80. The van der Waals surface area contributed by atoms with Crippen LogP contribution in [0.25, 0.3) is 0 Å². The number of morpholine rings is 1. The van der Waals surface area contributed by atoms with Crippen LogP contribution in [-0.4, -0.2) is 94.1 Å². The molecule has 1 amide bonds. The molecule has 0 unspecified atom stereocenters. The fourth-order valence-electron chi connectivity index (χ4n) is 4.68. The summed E-state index contributed by atoms with van der Waals surface area (Å²) in [5.41, 5.74) is 1.00. The number of benzene rings is 1. The molecule has 35 heavy (non-hydrogen) atoms. The van der Waals surface area contributed by atoms with Gasteiger partial charge in [-0.25, -0.2) is 0 Å². The van der Waals surface area contributed by atoms with Crippen LogP contribution in [0.15, 0.2) is 12.1 Å².